The predicted molar refractivity (Wildman–Crippen MR) is 133 cm³/mol. The van der Waals surface area contributed by atoms with E-state index in [9.17, 15) is 9.59 Å². The summed E-state index contributed by atoms with van der Waals surface area (Å²) in [6, 6.07) is 18.0. The van der Waals surface area contributed by atoms with Crippen LogP contribution in [0.25, 0.3) is 0 Å². The second kappa shape index (κ2) is 11.1. The van der Waals surface area contributed by atoms with Crippen LogP contribution in [0.5, 0.6) is 5.75 Å². The average Bonchev–Trinajstić information content (AvgIpc) is 2.76. The predicted octanol–water partition coefficient (Wildman–Crippen LogP) is 5.61. The van der Waals surface area contributed by atoms with Crippen LogP contribution in [0.3, 0.4) is 0 Å². The molecule has 0 aliphatic heterocycles. The first-order valence-corrected chi connectivity index (χ1v) is 11.3. The lowest BCUT2D eigenvalue weighted by molar-refractivity contribution is -0.118. The molecule has 3 aromatic carbocycles. The van der Waals surface area contributed by atoms with Gasteiger partial charge in [-0.2, -0.15) is 5.10 Å². The van der Waals surface area contributed by atoms with E-state index in [-0.39, 0.29) is 18.4 Å². The minimum Gasteiger partial charge on any atom is -0.483 e. The van der Waals surface area contributed by atoms with Gasteiger partial charge in [0, 0.05) is 25.8 Å². The van der Waals surface area contributed by atoms with Crippen LogP contribution in [-0.2, 0) is 4.79 Å². The highest BCUT2D eigenvalue weighted by Crippen LogP contribution is 2.22. The van der Waals surface area contributed by atoms with Gasteiger partial charge >= 0.3 is 0 Å². The zero-order valence-corrected chi connectivity index (χ0v) is 20.7. The van der Waals surface area contributed by atoms with Gasteiger partial charge in [0.15, 0.2) is 6.61 Å². The van der Waals surface area contributed by atoms with Gasteiger partial charge in [0.1, 0.15) is 5.75 Å². The van der Waals surface area contributed by atoms with Crippen molar-refractivity contribution in [3.8, 4) is 5.75 Å². The number of hydrazone groups is 1. The maximum absolute atomic E-state index is 12.3. The summed E-state index contributed by atoms with van der Waals surface area (Å²) in [5.74, 6) is -0.147. The molecule has 0 bridgehead atoms. The van der Waals surface area contributed by atoms with Gasteiger partial charge in [0.2, 0.25) is 0 Å². The van der Waals surface area contributed by atoms with E-state index in [0.717, 1.165) is 25.8 Å². The van der Waals surface area contributed by atoms with Gasteiger partial charge in [-0.25, -0.2) is 5.43 Å². The summed E-state index contributed by atoms with van der Waals surface area (Å²) in [7, 11) is 0. The first-order chi connectivity index (χ1) is 15.3. The van der Waals surface area contributed by atoms with Crippen molar-refractivity contribution in [2.75, 3.05) is 11.9 Å². The number of nitrogens with zero attached hydrogens (tertiary/aromatic N) is 1. The molecule has 32 heavy (non-hydrogen) atoms. The zero-order chi connectivity index (χ0) is 23.1. The molecule has 0 fully saturated rings. The summed E-state index contributed by atoms with van der Waals surface area (Å²) in [6.45, 7) is 3.84. The monoisotopic (exact) mass is 557 g/mol. The zero-order valence-electron chi connectivity index (χ0n) is 17.5. The molecule has 3 aromatic rings. The van der Waals surface area contributed by atoms with Crippen LogP contribution >= 0.6 is 31.9 Å². The summed E-state index contributed by atoms with van der Waals surface area (Å²) in [5, 5.41) is 6.84. The molecular weight excluding hydrogens is 538 g/mol. The number of carbonyl (C=O) groups is 2. The summed E-state index contributed by atoms with van der Waals surface area (Å²) in [5.41, 5.74) is 6.55. The summed E-state index contributed by atoms with van der Waals surface area (Å²) in [6.07, 6.45) is 1.47. The third-order valence-electron chi connectivity index (χ3n) is 4.60. The van der Waals surface area contributed by atoms with Crippen molar-refractivity contribution >= 4 is 55.6 Å². The molecule has 0 radical (unpaired) electrons. The highest BCUT2D eigenvalue weighted by atomic mass is 79.9. The third-order valence-corrected chi connectivity index (χ3v) is 5.62. The van der Waals surface area contributed by atoms with Crippen molar-refractivity contribution in [2.45, 2.75) is 13.8 Å². The molecule has 6 nitrogen and oxygen atoms in total. The van der Waals surface area contributed by atoms with Gasteiger partial charge in [-0.3, -0.25) is 9.59 Å². The number of anilines is 1. The van der Waals surface area contributed by atoms with Crippen LogP contribution in [-0.4, -0.2) is 24.6 Å². The van der Waals surface area contributed by atoms with E-state index >= 15 is 0 Å². The Morgan fingerprint density at radius 3 is 2.38 bits per heavy atom. The Labute approximate surface area is 203 Å². The summed E-state index contributed by atoms with van der Waals surface area (Å²) < 4.78 is 7.39. The van der Waals surface area contributed by atoms with E-state index in [2.05, 4.69) is 47.7 Å². The molecule has 0 atom stereocenters. The normalized spacial score (nSPS) is 10.8. The molecule has 0 aromatic heterocycles. The van der Waals surface area contributed by atoms with Crippen LogP contribution in [0.4, 0.5) is 5.69 Å². The van der Waals surface area contributed by atoms with Crippen molar-refractivity contribution in [3.63, 3.8) is 0 Å². The maximum Gasteiger partial charge on any atom is 0.271 e. The number of hydrogen-bond acceptors (Lipinski definition) is 4. The number of ether oxygens (including phenoxy) is 1. The van der Waals surface area contributed by atoms with Crippen molar-refractivity contribution in [3.05, 3.63) is 91.9 Å². The Bertz CT molecular complexity index is 1160. The number of nitrogens with one attached hydrogen (secondary N) is 2. The lowest BCUT2D eigenvalue weighted by Crippen LogP contribution is -2.21. The molecule has 0 saturated carbocycles. The van der Waals surface area contributed by atoms with Crippen LogP contribution < -0.4 is 15.5 Å². The molecule has 0 heterocycles. The van der Waals surface area contributed by atoms with Crippen LogP contribution in [0, 0.1) is 13.8 Å². The number of halogens is 2. The smallest absolute Gasteiger partial charge is 0.271 e. The van der Waals surface area contributed by atoms with Gasteiger partial charge in [-0.1, -0.05) is 37.9 Å². The number of rotatable bonds is 7. The first kappa shape index (κ1) is 23.7. The molecule has 164 valence electrons. The topological polar surface area (TPSA) is 79.8 Å². The van der Waals surface area contributed by atoms with Gasteiger partial charge in [-0.05, 0) is 79.6 Å². The lowest BCUT2D eigenvalue weighted by atomic mass is 10.1. The third kappa shape index (κ3) is 6.77. The van der Waals surface area contributed by atoms with Gasteiger partial charge in [0.25, 0.3) is 11.8 Å². The van der Waals surface area contributed by atoms with Crippen molar-refractivity contribution in [1.82, 2.24) is 5.43 Å². The van der Waals surface area contributed by atoms with Crippen LogP contribution in [0.1, 0.15) is 27.0 Å². The molecule has 0 unspecified atom stereocenters. The molecule has 0 spiro atoms. The molecule has 0 saturated heterocycles. The Morgan fingerprint density at radius 2 is 1.66 bits per heavy atom. The molecule has 0 aliphatic rings. The number of aryl methyl sites for hydroxylation is 2. The number of amides is 2. The maximum atomic E-state index is 12.3. The minimum atomic E-state index is -0.334. The van der Waals surface area contributed by atoms with Gasteiger partial charge < -0.3 is 10.1 Å². The Balaban J connectivity index is 1.62. The van der Waals surface area contributed by atoms with Gasteiger partial charge in [0.05, 0.1) is 6.21 Å². The summed E-state index contributed by atoms with van der Waals surface area (Å²) >= 11 is 6.74. The molecule has 2 N–H and O–H groups in total. The number of hydrogen-bond donors (Lipinski definition) is 2. The Hall–Kier alpha value is -2.97. The lowest BCUT2D eigenvalue weighted by Gasteiger charge is -2.11. The Kier molecular flexibility index (Phi) is 8.19. The number of benzene rings is 3. The Morgan fingerprint density at radius 1 is 0.938 bits per heavy atom. The largest absolute Gasteiger partial charge is 0.483 e. The average molecular weight is 559 g/mol. The highest BCUT2D eigenvalue weighted by Gasteiger charge is 2.09. The molecular formula is C24H21Br2N3O3. The second-order valence-corrected chi connectivity index (χ2v) is 8.86. The van der Waals surface area contributed by atoms with E-state index in [0.29, 0.717) is 16.9 Å². The van der Waals surface area contributed by atoms with Crippen molar-refractivity contribution in [1.29, 1.82) is 0 Å². The van der Waals surface area contributed by atoms with Crippen molar-refractivity contribution in [2.24, 2.45) is 5.10 Å². The quantitative estimate of drug-likeness (QED) is 0.292. The minimum absolute atomic E-state index is 0.166. The summed E-state index contributed by atoms with van der Waals surface area (Å²) in [4.78, 5) is 24.5. The molecule has 8 heteroatoms. The first-order valence-electron chi connectivity index (χ1n) is 9.70. The van der Waals surface area contributed by atoms with Crippen LogP contribution in [0.15, 0.2) is 74.7 Å². The molecule has 0 aliphatic carbocycles. The fourth-order valence-electron chi connectivity index (χ4n) is 2.74. The second-order valence-electron chi connectivity index (χ2n) is 7.02. The number of carbonyl (C=O) groups excluding carboxylic acids is 2. The fourth-order valence-corrected chi connectivity index (χ4v) is 3.38. The van der Waals surface area contributed by atoms with E-state index in [1.807, 2.05) is 32.0 Å². The highest BCUT2D eigenvalue weighted by molar-refractivity contribution is 9.10. The van der Waals surface area contributed by atoms with E-state index in [4.69, 9.17) is 4.74 Å². The molecule has 3 rings (SSSR count). The fraction of sp³-hybridized carbons (Fsp3) is 0.125. The van der Waals surface area contributed by atoms with Crippen molar-refractivity contribution < 1.29 is 14.3 Å². The standard InChI is InChI=1S/C24H21Br2N3O3/c1-15-3-9-21(11-16(15)2)28-23(30)14-32-22-10-8-20(26)12-18(22)13-27-29-24(31)17-4-6-19(25)7-5-17/h3-13H,14H2,1-2H3,(H,28,30)(H,29,31)/b27-13+. The van der Waals surface area contributed by atoms with E-state index < -0.39 is 0 Å². The van der Waals surface area contributed by atoms with Crippen LogP contribution in [0.2, 0.25) is 0 Å². The van der Waals surface area contributed by atoms with Gasteiger partial charge in [-0.15, -0.1) is 0 Å². The molecule has 2 amide bonds. The van der Waals surface area contributed by atoms with E-state index in [1.54, 1.807) is 42.5 Å². The van der Waals surface area contributed by atoms with E-state index in [1.165, 1.54) is 6.21 Å². The SMILES string of the molecule is Cc1ccc(NC(=O)COc2ccc(Br)cc2/C=N/NC(=O)c2ccc(Br)cc2)cc1C.